The van der Waals surface area contributed by atoms with Crippen LogP contribution in [-0.2, 0) is 11.3 Å². The Kier molecular flexibility index (Phi) is 4.80. The molecule has 2 fully saturated rings. The molecule has 0 saturated carbocycles. The van der Waals surface area contributed by atoms with Crippen molar-refractivity contribution in [1.29, 1.82) is 0 Å². The number of morpholine rings is 1. The lowest BCUT2D eigenvalue weighted by molar-refractivity contribution is 0.122. The van der Waals surface area contributed by atoms with Gasteiger partial charge < -0.3 is 19.1 Å². The Morgan fingerprint density at radius 1 is 0.920 bits per heavy atom. The zero-order valence-corrected chi connectivity index (χ0v) is 14.6. The summed E-state index contributed by atoms with van der Waals surface area (Å²) in [6.07, 6.45) is 1.82. The first kappa shape index (κ1) is 16.3. The number of aromatic nitrogens is 3. The van der Waals surface area contributed by atoms with Gasteiger partial charge in [-0.1, -0.05) is 5.16 Å². The van der Waals surface area contributed by atoms with E-state index in [0.717, 1.165) is 76.4 Å². The minimum atomic E-state index is 0.761. The number of piperazine rings is 1. The third-order valence-corrected chi connectivity index (χ3v) is 4.91. The Morgan fingerprint density at radius 2 is 1.56 bits per heavy atom. The number of rotatable bonds is 4. The van der Waals surface area contributed by atoms with Gasteiger partial charge in [-0.05, 0) is 19.1 Å². The Labute approximate surface area is 147 Å². The highest BCUT2D eigenvalue weighted by Crippen LogP contribution is 2.18. The van der Waals surface area contributed by atoms with Crippen LogP contribution in [0.4, 0.5) is 11.6 Å². The molecule has 0 amide bonds. The van der Waals surface area contributed by atoms with Crippen LogP contribution >= 0.6 is 0 Å². The van der Waals surface area contributed by atoms with Crippen LogP contribution in [0, 0.1) is 6.92 Å². The molecule has 0 atom stereocenters. The topological polar surface area (TPSA) is 70.8 Å². The normalized spacial score (nSPS) is 19.4. The second-order valence-electron chi connectivity index (χ2n) is 6.52. The Balaban J connectivity index is 1.32. The van der Waals surface area contributed by atoms with E-state index in [0.29, 0.717) is 0 Å². The Hall–Kier alpha value is -2.19. The van der Waals surface area contributed by atoms with Gasteiger partial charge in [0.2, 0.25) is 0 Å². The third-order valence-electron chi connectivity index (χ3n) is 4.91. The molecule has 2 aliphatic heterocycles. The molecule has 2 saturated heterocycles. The smallest absolute Gasteiger partial charge is 0.151 e. The van der Waals surface area contributed by atoms with Crippen LogP contribution in [-0.4, -0.2) is 72.7 Å². The maximum Gasteiger partial charge on any atom is 0.151 e. The summed E-state index contributed by atoms with van der Waals surface area (Å²) in [6.45, 7) is 10.0. The van der Waals surface area contributed by atoms with Crippen LogP contribution in [0.15, 0.2) is 22.9 Å². The maximum absolute atomic E-state index is 5.38. The van der Waals surface area contributed by atoms with E-state index in [2.05, 4.69) is 42.2 Å². The molecule has 2 aromatic rings. The first-order valence-corrected chi connectivity index (χ1v) is 8.83. The fourth-order valence-corrected chi connectivity index (χ4v) is 3.29. The zero-order chi connectivity index (χ0) is 17.1. The first-order chi connectivity index (χ1) is 12.3. The number of hydrogen-bond donors (Lipinski definition) is 0. The molecule has 8 nitrogen and oxygen atoms in total. The van der Waals surface area contributed by atoms with Crippen molar-refractivity contribution < 1.29 is 9.26 Å². The van der Waals surface area contributed by atoms with Crippen LogP contribution < -0.4 is 9.80 Å². The quantitative estimate of drug-likeness (QED) is 0.811. The van der Waals surface area contributed by atoms with Gasteiger partial charge >= 0.3 is 0 Å². The van der Waals surface area contributed by atoms with Gasteiger partial charge in [-0.2, -0.15) is 0 Å². The molecule has 0 N–H and O–H groups in total. The minimum Gasteiger partial charge on any atom is -0.378 e. The molecule has 0 aliphatic carbocycles. The molecule has 0 radical (unpaired) electrons. The van der Waals surface area contributed by atoms with E-state index in [4.69, 9.17) is 9.26 Å². The summed E-state index contributed by atoms with van der Waals surface area (Å²) in [6, 6.07) is 4.15. The van der Waals surface area contributed by atoms with Crippen LogP contribution in [0.3, 0.4) is 0 Å². The average molecular weight is 344 g/mol. The van der Waals surface area contributed by atoms with Gasteiger partial charge in [0.15, 0.2) is 11.6 Å². The van der Waals surface area contributed by atoms with Crippen LogP contribution in [0.5, 0.6) is 0 Å². The van der Waals surface area contributed by atoms with Gasteiger partial charge in [0.05, 0.1) is 19.4 Å². The third kappa shape index (κ3) is 3.74. The van der Waals surface area contributed by atoms with E-state index in [9.17, 15) is 0 Å². The van der Waals surface area contributed by atoms with Crippen LogP contribution in [0.2, 0.25) is 0 Å². The fourth-order valence-electron chi connectivity index (χ4n) is 3.29. The van der Waals surface area contributed by atoms with Crippen molar-refractivity contribution in [3.8, 4) is 0 Å². The van der Waals surface area contributed by atoms with Crippen molar-refractivity contribution in [2.75, 3.05) is 62.3 Å². The van der Waals surface area contributed by atoms with Gasteiger partial charge in [-0.3, -0.25) is 4.90 Å². The lowest BCUT2D eigenvalue weighted by Crippen LogP contribution is -2.46. The van der Waals surface area contributed by atoms with Crippen molar-refractivity contribution >= 4 is 11.6 Å². The zero-order valence-electron chi connectivity index (χ0n) is 14.6. The van der Waals surface area contributed by atoms with Crippen molar-refractivity contribution in [1.82, 2.24) is 20.3 Å². The Bertz CT molecular complexity index is 675. The number of aryl methyl sites for hydroxylation is 1. The van der Waals surface area contributed by atoms with E-state index in [1.54, 1.807) is 0 Å². The first-order valence-electron chi connectivity index (χ1n) is 8.83. The van der Waals surface area contributed by atoms with E-state index in [1.165, 1.54) is 5.56 Å². The highest BCUT2D eigenvalue weighted by Gasteiger charge is 2.20. The van der Waals surface area contributed by atoms with Crippen LogP contribution in [0.1, 0.15) is 11.3 Å². The maximum atomic E-state index is 5.38. The van der Waals surface area contributed by atoms with Crippen molar-refractivity contribution in [2.45, 2.75) is 13.5 Å². The lowest BCUT2D eigenvalue weighted by Gasteiger charge is -2.35. The van der Waals surface area contributed by atoms with E-state index < -0.39 is 0 Å². The number of ether oxygens (including phenoxy) is 1. The molecule has 0 spiro atoms. The van der Waals surface area contributed by atoms with Gasteiger partial charge in [-0.15, -0.1) is 10.2 Å². The van der Waals surface area contributed by atoms with Crippen molar-refractivity contribution in [3.05, 3.63) is 29.7 Å². The molecule has 0 unspecified atom stereocenters. The Morgan fingerprint density at radius 3 is 2.12 bits per heavy atom. The fraction of sp³-hybridized carbons (Fsp3) is 0.588. The summed E-state index contributed by atoms with van der Waals surface area (Å²) in [5.74, 6) is 2.80. The summed E-state index contributed by atoms with van der Waals surface area (Å²) in [4.78, 5) is 6.94. The summed E-state index contributed by atoms with van der Waals surface area (Å²) in [5, 5.41) is 12.7. The van der Waals surface area contributed by atoms with E-state index in [1.807, 2.05) is 13.1 Å². The highest BCUT2D eigenvalue weighted by molar-refractivity contribution is 5.45. The highest BCUT2D eigenvalue weighted by atomic mass is 16.5. The summed E-state index contributed by atoms with van der Waals surface area (Å²) in [5.41, 5.74) is 1.17. The van der Waals surface area contributed by atoms with E-state index in [-0.39, 0.29) is 0 Å². The molecule has 25 heavy (non-hydrogen) atoms. The van der Waals surface area contributed by atoms with E-state index >= 15 is 0 Å². The molecular formula is C17H24N6O2. The minimum absolute atomic E-state index is 0.761. The van der Waals surface area contributed by atoms with Gasteiger partial charge in [0.25, 0.3) is 0 Å². The molecule has 134 valence electrons. The number of anilines is 2. The van der Waals surface area contributed by atoms with Crippen LogP contribution in [0.25, 0.3) is 0 Å². The molecule has 2 aliphatic rings. The summed E-state index contributed by atoms with van der Waals surface area (Å²) < 4.78 is 10.5. The molecule has 4 rings (SSSR count). The van der Waals surface area contributed by atoms with Gasteiger partial charge in [0.1, 0.15) is 5.76 Å². The predicted octanol–water partition coefficient (Wildman–Crippen LogP) is 0.932. The lowest BCUT2D eigenvalue weighted by atomic mass is 10.2. The second-order valence-corrected chi connectivity index (χ2v) is 6.52. The standard InChI is InChI=1S/C17H24N6O2/c1-14-15(12-18-25-14)13-21-4-6-22(7-5-21)16-2-3-17(20-19-16)23-8-10-24-11-9-23/h2-3,12H,4-11,13H2,1H3. The van der Waals surface area contributed by atoms with Crippen molar-refractivity contribution in [2.24, 2.45) is 0 Å². The van der Waals surface area contributed by atoms with Gasteiger partial charge in [0, 0.05) is 51.4 Å². The summed E-state index contributed by atoms with van der Waals surface area (Å²) in [7, 11) is 0. The number of nitrogens with zero attached hydrogens (tertiary/aromatic N) is 6. The van der Waals surface area contributed by atoms with Gasteiger partial charge in [-0.25, -0.2) is 0 Å². The molecule has 2 aromatic heterocycles. The number of hydrogen-bond acceptors (Lipinski definition) is 8. The predicted molar refractivity (Wildman–Crippen MR) is 93.8 cm³/mol. The average Bonchev–Trinajstić information content (AvgIpc) is 3.08. The summed E-state index contributed by atoms with van der Waals surface area (Å²) >= 11 is 0. The SMILES string of the molecule is Cc1oncc1CN1CCN(c2ccc(N3CCOCC3)nn2)CC1. The monoisotopic (exact) mass is 344 g/mol. The second kappa shape index (κ2) is 7.37. The molecular weight excluding hydrogens is 320 g/mol. The molecule has 0 bridgehead atoms. The molecule has 0 aromatic carbocycles. The molecule has 4 heterocycles. The van der Waals surface area contributed by atoms with Crippen molar-refractivity contribution in [3.63, 3.8) is 0 Å². The largest absolute Gasteiger partial charge is 0.378 e. The molecule has 8 heteroatoms.